The Bertz CT molecular complexity index is 456. The first kappa shape index (κ1) is 13.1. The maximum atomic E-state index is 11.0. The SMILES string of the molecule is O=Cc1cc([N+](=O)[O-])ccc1SCC1CCCC1. The molecule has 0 atom stereocenters. The highest BCUT2D eigenvalue weighted by atomic mass is 32.2. The van der Waals surface area contributed by atoms with Crippen LogP contribution in [0, 0.1) is 16.0 Å². The minimum atomic E-state index is -0.474. The number of thioether (sulfide) groups is 1. The summed E-state index contributed by atoms with van der Waals surface area (Å²) in [7, 11) is 0. The summed E-state index contributed by atoms with van der Waals surface area (Å²) in [5, 5.41) is 10.6. The van der Waals surface area contributed by atoms with Gasteiger partial charge in [0, 0.05) is 28.3 Å². The molecule has 0 aliphatic heterocycles. The second-order valence-electron chi connectivity index (χ2n) is 4.56. The first-order chi connectivity index (χ1) is 8.70. The van der Waals surface area contributed by atoms with Gasteiger partial charge in [0.2, 0.25) is 0 Å². The largest absolute Gasteiger partial charge is 0.298 e. The normalized spacial score (nSPS) is 15.8. The van der Waals surface area contributed by atoms with Crippen molar-refractivity contribution in [3.05, 3.63) is 33.9 Å². The van der Waals surface area contributed by atoms with E-state index in [9.17, 15) is 14.9 Å². The molecule has 96 valence electrons. The zero-order valence-corrected chi connectivity index (χ0v) is 10.8. The summed E-state index contributed by atoms with van der Waals surface area (Å²) in [5.41, 5.74) is 0.398. The van der Waals surface area contributed by atoms with Gasteiger partial charge < -0.3 is 0 Å². The molecule has 0 N–H and O–H groups in total. The molecule has 1 aliphatic carbocycles. The summed E-state index contributed by atoms with van der Waals surface area (Å²) >= 11 is 1.64. The number of nitro benzene ring substituents is 1. The summed E-state index contributed by atoms with van der Waals surface area (Å²) in [4.78, 5) is 22.0. The molecule has 1 aliphatic rings. The van der Waals surface area contributed by atoms with E-state index < -0.39 is 4.92 Å². The number of hydrogen-bond acceptors (Lipinski definition) is 4. The van der Waals surface area contributed by atoms with Crippen molar-refractivity contribution < 1.29 is 9.72 Å². The van der Waals surface area contributed by atoms with Crippen molar-refractivity contribution in [3.63, 3.8) is 0 Å². The average molecular weight is 265 g/mol. The van der Waals surface area contributed by atoms with Crippen molar-refractivity contribution in [2.45, 2.75) is 30.6 Å². The van der Waals surface area contributed by atoms with E-state index in [1.807, 2.05) is 0 Å². The second-order valence-corrected chi connectivity index (χ2v) is 5.62. The van der Waals surface area contributed by atoms with Crippen molar-refractivity contribution in [2.24, 2.45) is 5.92 Å². The van der Waals surface area contributed by atoms with Gasteiger partial charge in [0.15, 0.2) is 6.29 Å². The standard InChI is InChI=1S/C13H15NO3S/c15-8-11-7-12(14(16)17)5-6-13(11)18-9-10-3-1-2-4-10/h5-8,10H,1-4,9H2. The van der Waals surface area contributed by atoms with Crippen LogP contribution in [-0.2, 0) is 0 Å². The Morgan fingerprint density at radius 3 is 2.72 bits per heavy atom. The van der Waals surface area contributed by atoms with Gasteiger partial charge in [-0.2, -0.15) is 0 Å². The number of carbonyl (C=O) groups excluding carboxylic acids is 1. The van der Waals surface area contributed by atoms with Gasteiger partial charge in [-0.05, 0) is 24.8 Å². The van der Waals surface area contributed by atoms with Crippen molar-refractivity contribution >= 4 is 23.7 Å². The van der Waals surface area contributed by atoms with E-state index in [0.29, 0.717) is 11.8 Å². The maximum absolute atomic E-state index is 11.0. The van der Waals surface area contributed by atoms with Crippen LogP contribution in [0.15, 0.2) is 23.1 Å². The molecule has 0 amide bonds. The molecule has 0 unspecified atom stereocenters. The topological polar surface area (TPSA) is 60.2 Å². The monoisotopic (exact) mass is 265 g/mol. The Labute approximate surface area is 110 Å². The lowest BCUT2D eigenvalue weighted by molar-refractivity contribution is -0.384. The molecule has 0 heterocycles. The highest BCUT2D eigenvalue weighted by Crippen LogP contribution is 2.32. The van der Waals surface area contributed by atoms with Crippen molar-refractivity contribution in [3.8, 4) is 0 Å². The number of carbonyl (C=O) groups is 1. The zero-order valence-electron chi connectivity index (χ0n) is 10.0. The fraction of sp³-hybridized carbons (Fsp3) is 0.462. The van der Waals surface area contributed by atoms with E-state index in [1.165, 1.54) is 37.8 Å². The maximum Gasteiger partial charge on any atom is 0.270 e. The fourth-order valence-electron chi connectivity index (χ4n) is 2.26. The van der Waals surface area contributed by atoms with Gasteiger partial charge in [-0.15, -0.1) is 11.8 Å². The molecule has 0 spiro atoms. The smallest absolute Gasteiger partial charge is 0.270 e. The molecule has 0 radical (unpaired) electrons. The van der Waals surface area contributed by atoms with Crippen LogP contribution in [0.5, 0.6) is 0 Å². The van der Waals surface area contributed by atoms with Gasteiger partial charge in [-0.1, -0.05) is 12.8 Å². The molecule has 1 aromatic rings. The van der Waals surface area contributed by atoms with Crippen LogP contribution in [0.2, 0.25) is 0 Å². The Morgan fingerprint density at radius 2 is 2.11 bits per heavy atom. The van der Waals surface area contributed by atoms with Crippen LogP contribution in [0.25, 0.3) is 0 Å². The highest BCUT2D eigenvalue weighted by molar-refractivity contribution is 7.99. The average Bonchev–Trinajstić information content (AvgIpc) is 2.89. The van der Waals surface area contributed by atoms with Crippen LogP contribution in [0.3, 0.4) is 0 Å². The molecule has 4 nitrogen and oxygen atoms in total. The molecular weight excluding hydrogens is 250 g/mol. The third kappa shape index (κ3) is 3.10. The van der Waals surface area contributed by atoms with Gasteiger partial charge in [-0.3, -0.25) is 14.9 Å². The van der Waals surface area contributed by atoms with Crippen molar-refractivity contribution in [1.82, 2.24) is 0 Å². The summed E-state index contributed by atoms with van der Waals surface area (Å²) in [6.07, 6.45) is 5.81. The summed E-state index contributed by atoms with van der Waals surface area (Å²) < 4.78 is 0. The highest BCUT2D eigenvalue weighted by Gasteiger charge is 2.17. The lowest BCUT2D eigenvalue weighted by Crippen LogP contribution is -1.98. The summed E-state index contributed by atoms with van der Waals surface area (Å²) in [5.74, 6) is 1.73. The van der Waals surface area contributed by atoms with Crippen LogP contribution in [-0.4, -0.2) is 17.0 Å². The zero-order chi connectivity index (χ0) is 13.0. The van der Waals surface area contributed by atoms with Crippen LogP contribution in [0.1, 0.15) is 36.0 Å². The summed E-state index contributed by atoms with van der Waals surface area (Å²) in [6.45, 7) is 0. The molecule has 0 saturated heterocycles. The van der Waals surface area contributed by atoms with E-state index in [0.717, 1.165) is 16.6 Å². The van der Waals surface area contributed by atoms with Crippen LogP contribution in [0.4, 0.5) is 5.69 Å². The quantitative estimate of drug-likeness (QED) is 0.352. The summed E-state index contributed by atoms with van der Waals surface area (Å²) in [6, 6.07) is 4.50. The molecule has 5 heteroatoms. The molecule has 0 aromatic heterocycles. The van der Waals surface area contributed by atoms with Crippen LogP contribution < -0.4 is 0 Å². The lowest BCUT2D eigenvalue weighted by atomic mass is 10.1. The van der Waals surface area contributed by atoms with Crippen LogP contribution >= 0.6 is 11.8 Å². The van der Waals surface area contributed by atoms with E-state index in [1.54, 1.807) is 17.8 Å². The van der Waals surface area contributed by atoms with Gasteiger partial charge >= 0.3 is 0 Å². The third-order valence-electron chi connectivity index (χ3n) is 3.28. The number of non-ortho nitro benzene ring substituents is 1. The van der Waals surface area contributed by atoms with Gasteiger partial charge in [0.25, 0.3) is 5.69 Å². The number of aldehydes is 1. The Morgan fingerprint density at radius 1 is 1.39 bits per heavy atom. The number of benzene rings is 1. The van der Waals surface area contributed by atoms with Crippen molar-refractivity contribution in [1.29, 1.82) is 0 Å². The Hall–Kier alpha value is -1.36. The predicted molar refractivity (Wildman–Crippen MR) is 71.2 cm³/mol. The van der Waals surface area contributed by atoms with Crippen molar-refractivity contribution in [2.75, 3.05) is 5.75 Å². The molecule has 1 saturated carbocycles. The van der Waals surface area contributed by atoms with Gasteiger partial charge in [-0.25, -0.2) is 0 Å². The number of rotatable bonds is 5. The minimum Gasteiger partial charge on any atom is -0.298 e. The fourth-order valence-corrected chi connectivity index (χ4v) is 3.44. The number of hydrogen-bond donors (Lipinski definition) is 0. The number of nitrogens with zero attached hydrogens (tertiary/aromatic N) is 1. The molecule has 1 aromatic carbocycles. The minimum absolute atomic E-state index is 0.0256. The first-order valence-corrected chi connectivity index (χ1v) is 7.05. The lowest BCUT2D eigenvalue weighted by Gasteiger charge is -2.09. The number of nitro groups is 1. The molecule has 18 heavy (non-hydrogen) atoms. The first-order valence-electron chi connectivity index (χ1n) is 6.07. The molecule has 2 rings (SSSR count). The van der Waals surface area contributed by atoms with E-state index >= 15 is 0 Å². The third-order valence-corrected chi connectivity index (χ3v) is 4.60. The Kier molecular flexibility index (Phi) is 4.36. The predicted octanol–water partition coefficient (Wildman–Crippen LogP) is 3.69. The van der Waals surface area contributed by atoms with E-state index in [-0.39, 0.29) is 5.69 Å². The Balaban J connectivity index is 2.06. The van der Waals surface area contributed by atoms with E-state index in [2.05, 4.69) is 0 Å². The van der Waals surface area contributed by atoms with Gasteiger partial charge in [0.1, 0.15) is 0 Å². The van der Waals surface area contributed by atoms with E-state index in [4.69, 9.17) is 0 Å². The molecule has 1 fully saturated rings. The molecule has 0 bridgehead atoms. The van der Waals surface area contributed by atoms with Gasteiger partial charge in [0.05, 0.1) is 4.92 Å². The molecular formula is C13H15NO3S. The second kappa shape index (κ2) is 6.00.